The van der Waals surface area contributed by atoms with Crippen LogP contribution in [-0.4, -0.2) is 53.8 Å². The summed E-state index contributed by atoms with van der Waals surface area (Å²) in [5, 5.41) is 0. The minimum atomic E-state index is 0.456. The van der Waals surface area contributed by atoms with Gasteiger partial charge < -0.3 is 14.4 Å². The van der Waals surface area contributed by atoms with Gasteiger partial charge in [0, 0.05) is 44.1 Å². The van der Waals surface area contributed by atoms with Crippen molar-refractivity contribution in [2.45, 2.75) is 33.4 Å². The first-order valence-corrected chi connectivity index (χ1v) is 11.7. The second-order valence-corrected chi connectivity index (χ2v) is 9.08. The molecule has 0 radical (unpaired) electrons. The maximum atomic E-state index is 6.08. The third kappa shape index (κ3) is 4.23. The number of hydrogen-bond donors (Lipinski definition) is 0. The molecule has 0 amide bonds. The SMILES string of the molecule is CO/C=C/c1cn2c(n1)COc1cc(-c3ccc(N4CCN(C(C)C)CC4)cc3)c(C)cc1-2. The highest BCUT2D eigenvalue weighted by atomic mass is 16.5. The van der Waals surface area contributed by atoms with Gasteiger partial charge in [0.15, 0.2) is 5.82 Å². The van der Waals surface area contributed by atoms with E-state index in [-0.39, 0.29) is 0 Å². The third-order valence-electron chi connectivity index (χ3n) is 6.68. The summed E-state index contributed by atoms with van der Waals surface area (Å²) in [4.78, 5) is 9.66. The molecule has 0 unspecified atom stereocenters. The van der Waals surface area contributed by atoms with E-state index in [1.54, 1.807) is 13.4 Å². The number of piperazine rings is 1. The highest BCUT2D eigenvalue weighted by molar-refractivity contribution is 5.74. The van der Waals surface area contributed by atoms with Crippen LogP contribution in [-0.2, 0) is 11.3 Å². The fourth-order valence-electron chi connectivity index (χ4n) is 4.75. The van der Waals surface area contributed by atoms with Crippen molar-refractivity contribution < 1.29 is 9.47 Å². The van der Waals surface area contributed by atoms with Gasteiger partial charge in [0.1, 0.15) is 12.4 Å². The Morgan fingerprint density at radius 1 is 1.06 bits per heavy atom. The van der Waals surface area contributed by atoms with Gasteiger partial charge in [-0.25, -0.2) is 4.98 Å². The molecule has 2 aliphatic heterocycles. The average molecular weight is 445 g/mol. The van der Waals surface area contributed by atoms with E-state index in [0.29, 0.717) is 12.6 Å². The normalized spacial score (nSPS) is 16.1. The Labute approximate surface area is 196 Å². The Morgan fingerprint density at radius 3 is 2.52 bits per heavy atom. The zero-order chi connectivity index (χ0) is 22.9. The fraction of sp³-hybridized carbons (Fsp3) is 0.370. The van der Waals surface area contributed by atoms with Crippen molar-refractivity contribution in [2.24, 2.45) is 0 Å². The fourth-order valence-corrected chi connectivity index (χ4v) is 4.75. The molecule has 0 N–H and O–H groups in total. The molecule has 33 heavy (non-hydrogen) atoms. The first-order valence-electron chi connectivity index (χ1n) is 11.7. The van der Waals surface area contributed by atoms with E-state index in [1.165, 1.54) is 22.4 Å². The van der Waals surface area contributed by atoms with E-state index >= 15 is 0 Å². The van der Waals surface area contributed by atoms with Crippen molar-refractivity contribution in [1.82, 2.24) is 14.5 Å². The van der Waals surface area contributed by atoms with E-state index in [9.17, 15) is 0 Å². The van der Waals surface area contributed by atoms with Crippen LogP contribution in [0.2, 0.25) is 0 Å². The Bertz CT molecular complexity index is 1160. The maximum absolute atomic E-state index is 6.08. The zero-order valence-electron chi connectivity index (χ0n) is 19.9. The summed E-state index contributed by atoms with van der Waals surface area (Å²) in [6.45, 7) is 11.6. The Morgan fingerprint density at radius 2 is 1.82 bits per heavy atom. The van der Waals surface area contributed by atoms with Crippen LogP contribution in [0.25, 0.3) is 22.9 Å². The molecule has 1 fully saturated rings. The predicted octanol–water partition coefficient (Wildman–Crippen LogP) is 4.89. The summed E-state index contributed by atoms with van der Waals surface area (Å²) >= 11 is 0. The number of anilines is 1. The van der Waals surface area contributed by atoms with Gasteiger partial charge in [0.25, 0.3) is 0 Å². The van der Waals surface area contributed by atoms with Gasteiger partial charge in [-0.1, -0.05) is 12.1 Å². The number of benzene rings is 2. The van der Waals surface area contributed by atoms with Crippen LogP contribution in [0.15, 0.2) is 48.9 Å². The summed E-state index contributed by atoms with van der Waals surface area (Å²) in [7, 11) is 1.63. The third-order valence-corrected chi connectivity index (χ3v) is 6.68. The second-order valence-electron chi connectivity index (χ2n) is 9.08. The molecule has 1 saturated heterocycles. The monoisotopic (exact) mass is 444 g/mol. The lowest BCUT2D eigenvalue weighted by molar-refractivity contribution is 0.209. The second kappa shape index (κ2) is 8.94. The van der Waals surface area contributed by atoms with Gasteiger partial charge in [0.05, 0.1) is 24.8 Å². The molecule has 0 bridgehead atoms. The number of ether oxygens (including phenoxy) is 2. The topological polar surface area (TPSA) is 42.8 Å². The standard InChI is InChI=1S/C27H32N4O2/c1-19(2)29-10-12-30(13-11-29)23-7-5-21(6-8-23)24-16-26-25(15-20(24)3)31-17-22(9-14-32-4)28-27(31)18-33-26/h5-9,14-17,19H,10-13,18H2,1-4H3/b14-9+. The van der Waals surface area contributed by atoms with E-state index in [4.69, 9.17) is 9.47 Å². The summed E-state index contributed by atoms with van der Waals surface area (Å²) in [5.41, 5.74) is 6.81. The molecule has 0 spiro atoms. The first-order chi connectivity index (χ1) is 16.0. The maximum Gasteiger partial charge on any atom is 0.152 e. The van der Waals surface area contributed by atoms with E-state index in [0.717, 1.165) is 49.1 Å². The summed E-state index contributed by atoms with van der Waals surface area (Å²) in [6, 6.07) is 13.9. The van der Waals surface area contributed by atoms with Crippen molar-refractivity contribution in [1.29, 1.82) is 0 Å². The van der Waals surface area contributed by atoms with Crippen LogP contribution in [0, 0.1) is 6.92 Å². The quantitative estimate of drug-likeness (QED) is 0.525. The van der Waals surface area contributed by atoms with E-state index in [1.807, 2.05) is 12.3 Å². The first kappa shape index (κ1) is 21.6. The van der Waals surface area contributed by atoms with Gasteiger partial charge in [-0.15, -0.1) is 0 Å². The molecule has 0 saturated carbocycles. The van der Waals surface area contributed by atoms with Crippen LogP contribution >= 0.6 is 0 Å². The summed E-state index contributed by atoms with van der Waals surface area (Å²) in [6.07, 6.45) is 5.52. The summed E-state index contributed by atoms with van der Waals surface area (Å²) < 4.78 is 13.2. The molecule has 0 atom stereocenters. The van der Waals surface area contributed by atoms with Gasteiger partial charge in [-0.2, -0.15) is 0 Å². The van der Waals surface area contributed by atoms with Gasteiger partial charge in [-0.05, 0) is 67.8 Å². The van der Waals surface area contributed by atoms with Gasteiger partial charge >= 0.3 is 0 Å². The molecule has 6 nitrogen and oxygen atoms in total. The minimum absolute atomic E-state index is 0.456. The molecular weight excluding hydrogens is 412 g/mol. The zero-order valence-corrected chi connectivity index (χ0v) is 19.9. The van der Waals surface area contributed by atoms with Crippen LogP contribution in [0.5, 0.6) is 5.75 Å². The van der Waals surface area contributed by atoms with Crippen LogP contribution < -0.4 is 9.64 Å². The predicted molar refractivity (Wildman–Crippen MR) is 133 cm³/mol. The lowest BCUT2D eigenvalue weighted by Crippen LogP contribution is -2.48. The molecule has 5 rings (SSSR count). The smallest absolute Gasteiger partial charge is 0.152 e. The number of methoxy groups -OCH3 is 1. The van der Waals surface area contributed by atoms with E-state index < -0.39 is 0 Å². The number of hydrogen-bond acceptors (Lipinski definition) is 5. The molecule has 1 aromatic heterocycles. The van der Waals surface area contributed by atoms with Crippen LogP contribution in [0.3, 0.4) is 0 Å². The van der Waals surface area contributed by atoms with Crippen molar-refractivity contribution in [2.75, 3.05) is 38.2 Å². The van der Waals surface area contributed by atoms with E-state index in [2.05, 4.69) is 76.5 Å². The Kier molecular flexibility index (Phi) is 5.85. The molecule has 3 heterocycles. The Balaban J connectivity index is 1.38. The highest BCUT2D eigenvalue weighted by Gasteiger charge is 2.22. The van der Waals surface area contributed by atoms with Crippen molar-refractivity contribution >= 4 is 11.8 Å². The van der Waals surface area contributed by atoms with Crippen molar-refractivity contribution in [3.63, 3.8) is 0 Å². The van der Waals surface area contributed by atoms with Crippen LogP contribution in [0.4, 0.5) is 5.69 Å². The highest BCUT2D eigenvalue weighted by Crippen LogP contribution is 2.37. The van der Waals surface area contributed by atoms with Gasteiger partial charge in [-0.3, -0.25) is 9.47 Å². The summed E-state index contributed by atoms with van der Waals surface area (Å²) in [5.74, 6) is 1.78. The molecular formula is C27H32N4O2. The number of rotatable bonds is 5. The minimum Gasteiger partial charge on any atom is -0.504 e. The molecule has 2 aromatic carbocycles. The molecule has 172 valence electrons. The molecule has 0 aliphatic carbocycles. The average Bonchev–Trinajstić information content (AvgIpc) is 3.26. The molecule has 2 aliphatic rings. The number of aryl methyl sites for hydroxylation is 1. The van der Waals surface area contributed by atoms with Crippen molar-refractivity contribution in [3.05, 3.63) is 65.9 Å². The van der Waals surface area contributed by atoms with Crippen LogP contribution in [0.1, 0.15) is 30.9 Å². The molecule has 6 heteroatoms. The largest absolute Gasteiger partial charge is 0.504 e. The number of aromatic nitrogens is 2. The van der Waals surface area contributed by atoms with Gasteiger partial charge in [0.2, 0.25) is 0 Å². The lowest BCUT2D eigenvalue weighted by Gasteiger charge is -2.38. The number of imidazole rings is 1. The number of fused-ring (bicyclic) bond motifs is 3. The lowest BCUT2D eigenvalue weighted by atomic mass is 9.98. The number of nitrogens with zero attached hydrogens (tertiary/aromatic N) is 4. The van der Waals surface area contributed by atoms with Crippen molar-refractivity contribution in [3.8, 4) is 22.6 Å². The molecule has 3 aromatic rings. The Hall–Kier alpha value is -3.25.